The lowest BCUT2D eigenvalue weighted by Crippen LogP contribution is -2.43. The van der Waals surface area contributed by atoms with E-state index in [9.17, 15) is 4.79 Å². The Morgan fingerprint density at radius 2 is 1.67 bits per heavy atom. The summed E-state index contributed by atoms with van der Waals surface area (Å²) in [6.07, 6.45) is 12.5. The van der Waals surface area contributed by atoms with Crippen LogP contribution in [0.4, 0.5) is 0 Å². The molecule has 33 heavy (non-hydrogen) atoms. The highest BCUT2D eigenvalue weighted by Crippen LogP contribution is 2.37. The molecule has 4 nitrogen and oxygen atoms in total. The molecule has 4 heteroatoms. The first kappa shape index (κ1) is 23.7. The number of nitrogens with zero attached hydrogens (tertiary/aromatic N) is 1. The molecule has 1 saturated heterocycles. The molecule has 2 fully saturated rings. The molecular weight excluding hydrogens is 410 g/mol. The fourth-order valence-corrected chi connectivity index (χ4v) is 5.44. The van der Waals surface area contributed by atoms with Crippen molar-refractivity contribution < 1.29 is 14.6 Å². The van der Waals surface area contributed by atoms with Crippen molar-refractivity contribution >= 4 is 5.97 Å². The Morgan fingerprint density at radius 1 is 0.939 bits per heavy atom. The number of rotatable bonds is 10. The minimum absolute atomic E-state index is 0.204. The average molecular weight is 448 g/mol. The van der Waals surface area contributed by atoms with E-state index in [2.05, 4.69) is 59.5 Å². The van der Waals surface area contributed by atoms with E-state index >= 15 is 0 Å². The van der Waals surface area contributed by atoms with Crippen molar-refractivity contribution in [2.45, 2.75) is 70.1 Å². The van der Waals surface area contributed by atoms with E-state index in [1.54, 1.807) is 0 Å². The Labute approximate surface area is 198 Å². The maximum Gasteiger partial charge on any atom is 0.303 e. The molecule has 0 unspecified atom stereocenters. The minimum atomic E-state index is -0.730. The van der Waals surface area contributed by atoms with Gasteiger partial charge in [-0.15, -0.1) is 0 Å². The maximum absolute atomic E-state index is 10.8. The summed E-state index contributed by atoms with van der Waals surface area (Å²) in [6.45, 7) is 3.06. The molecule has 2 aliphatic rings. The quantitative estimate of drug-likeness (QED) is 0.433. The molecule has 2 aromatic carbocycles. The summed E-state index contributed by atoms with van der Waals surface area (Å²) >= 11 is 0. The van der Waals surface area contributed by atoms with Crippen LogP contribution in [0.1, 0.15) is 56.9 Å². The second-order valence-corrected chi connectivity index (χ2v) is 9.46. The van der Waals surface area contributed by atoms with Crippen LogP contribution in [0.3, 0.4) is 0 Å². The minimum Gasteiger partial charge on any atom is -0.481 e. The van der Waals surface area contributed by atoms with Crippen molar-refractivity contribution in [3.63, 3.8) is 0 Å². The zero-order valence-corrected chi connectivity index (χ0v) is 19.6. The van der Waals surface area contributed by atoms with Crippen molar-refractivity contribution in [3.05, 3.63) is 72.3 Å². The molecule has 1 aliphatic heterocycles. The second kappa shape index (κ2) is 12.2. The summed E-state index contributed by atoms with van der Waals surface area (Å²) in [4.78, 5) is 13.5. The fraction of sp³-hybridized carbons (Fsp3) is 0.483. The van der Waals surface area contributed by atoms with E-state index in [0.29, 0.717) is 25.0 Å². The number of aliphatic carboxylic acids is 1. The molecule has 0 aromatic heterocycles. The van der Waals surface area contributed by atoms with Gasteiger partial charge in [0.2, 0.25) is 0 Å². The van der Waals surface area contributed by atoms with Gasteiger partial charge in [0.25, 0.3) is 0 Å². The third kappa shape index (κ3) is 6.78. The van der Waals surface area contributed by atoms with Crippen molar-refractivity contribution in [2.24, 2.45) is 5.92 Å². The number of benzene rings is 2. The van der Waals surface area contributed by atoms with Crippen LogP contribution in [0.15, 0.2) is 66.7 Å². The maximum atomic E-state index is 10.8. The Hall–Kier alpha value is -2.43. The number of carboxylic acids is 1. The highest BCUT2D eigenvalue weighted by Gasteiger charge is 2.39. The lowest BCUT2D eigenvalue weighted by atomic mass is 9.94. The molecule has 176 valence electrons. The van der Waals surface area contributed by atoms with Crippen LogP contribution in [-0.2, 0) is 16.1 Å². The number of piperidine rings is 1. The summed E-state index contributed by atoms with van der Waals surface area (Å²) in [6, 6.07) is 19.8. The highest BCUT2D eigenvalue weighted by molar-refractivity contribution is 5.66. The van der Waals surface area contributed by atoms with Crippen molar-refractivity contribution in [1.29, 1.82) is 0 Å². The molecule has 3 atom stereocenters. The number of hydrogen-bond acceptors (Lipinski definition) is 3. The Balaban J connectivity index is 1.36. The standard InChI is InChI=1S/C29H37NO3/c31-29(32)13-7-2-6-12-26-27(30-20-8-3-9-21-30)18-19-28(26)33-22-23-14-16-25(17-15-23)24-10-4-1-5-11-24/h1-2,4-6,10-11,14-17,26-28H,3,7-9,12-13,18-22H2,(H,31,32)/b6-2-/t26-,27-,28-/m1/s1. The van der Waals surface area contributed by atoms with Gasteiger partial charge in [-0.25, -0.2) is 0 Å². The number of likely N-dealkylation sites (tertiary alicyclic amines) is 1. The lowest BCUT2D eigenvalue weighted by Gasteiger charge is -2.36. The van der Waals surface area contributed by atoms with Crippen LogP contribution >= 0.6 is 0 Å². The molecule has 1 heterocycles. The van der Waals surface area contributed by atoms with Gasteiger partial charge in [-0.05, 0) is 68.3 Å². The molecule has 1 N–H and O–H groups in total. The first-order chi connectivity index (χ1) is 16.2. The van der Waals surface area contributed by atoms with Crippen molar-refractivity contribution in [2.75, 3.05) is 13.1 Å². The van der Waals surface area contributed by atoms with Crippen LogP contribution in [0.5, 0.6) is 0 Å². The number of allylic oxidation sites excluding steroid dienone is 2. The summed E-state index contributed by atoms with van der Waals surface area (Å²) in [7, 11) is 0. The third-order valence-electron chi connectivity index (χ3n) is 7.20. The van der Waals surface area contributed by atoms with Gasteiger partial charge in [-0.2, -0.15) is 0 Å². The van der Waals surface area contributed by atoms with E-state index in [1.807, 2.05) is 12.1 Å². The van der Waals surface area contributed by atoms with E-state index in [0.717, 1.165) is 12.8 Å². The van der Waals surface area contributed by atoms with Gasteiger partial charge in [-0.3, -0.25) is 4.79 Å². The smallest absolute Gasteiger partial charge is 0.303 e. The summed E-state index contributed by atoms with van der Waals surface area (Å²) in [5, 5.41) is 8.88. The molecule has 2 aromatic rings. The molecule has 0 spiro atoms. The second-order valence-electron chi connectivity index (χ2n) is 9.46. The number of carbonyl (C=O) groups is 1. The number of ether oxygens (including phenoxy) is 1. The van der Waals surface area contributed by atoms with E-state index in [1.165, 1.54) is 55.5 Å². The Bertz CT molecular complexity index is 887. The van der Waals surface area contributed by atoms with Gasteiger partial charge >= 0.3 is 5.97 Å². The SMILES string of the molecule is O=C(O)CC/C=C\C[C@@H]1[C@H](N2CCCCC2)CC[C@H]1OCc1ccc(-c2ccccc2)cc1. The lowest BCUT2D eigenvalue weighted by molar-refractivity contribution is -0.136. The molecule has 4 rings (SSSR count). The normalized spacial score (nSPS) is 23.8. The largest absolute Gasteiger partial charge is 0.481 e. The average Bonchev–Trinajstić information content (AvgIpc) is 3.26. The van der Waals surface area contributed by atoms with Gasteiger partial charge in [0, 0.05) is 18.4 Å². The molecule has 0 radical (unpaired) electrons. The van der Waals surface area contributed by atoms with Crippen LogP contribution in [0, 0.1) is 5.92 Å². The van der Waals surface area contributed by atoms with Gasteiger partial charge in [0.05, 0.1) is 12.7 Å². The zero-order chi connectivity index (χ0) is 22.9. The topological polar surface area (TPSA) is 49.8 Å². The third-order valence-corrected chi connectivity index (χ3v) is 7.20. The molecule has 0 amide bonds. The van der Waals surface area contributed by atoms with Crippen LogP contribution in [0.2, 0.25) is 0 Å². The summed E-state index contributed by atoms with van der Waals surface area (Å²) < 4.78 is 6.51. The van der Waals surface area contributed by atoms with Gasteiger partial charge in [-0.1, -0.05) is 73.2 Å². The zero-order valence-electron chi connectivity index (χ0n) is 19.6. The van der Waals surface area contributed by atoms with Gasteiger partial charge < -0.3 is 14.7 Å². The molecule has 1 aliphatic carbocycles. The van der Waals surface area contributed by atoms with E-state index in [-0.39, 0.29) is 12.5 Å². The van der Waals surface area contributed by atoms with E-state index < -0.39 is 5.97 Å². The fourth-order valence-electron chi connectivity index (χ4n) is 5.44. The first-order valence-electron chi connectivity index (χ1n) is 12.6. The monoisotopic (exact) mass is 447 g/mol. The van der Waals surface area contributed by atoms with E-state index in [4.69, 9.17) is 9.84 Å². The van der Waals surface area contributed by atoms with Gasteiger partial charge in [0.15, 0.2) is 0 Å². The molecule has 0 bridgehead atoms. The summed E-state index contributed by atoms with van der Waals surface area (Å²) in [5.41, 5.74) is 3.68. The van der Waals surface area contributed by atoms with Crippen LogP contribution in [0.25, 0.3) is 11.1 Å². The Morgan fingerprint density at radius 3 is 2.39 bits per heavy atom. The van der Waals surface area contributed by atoms with Gasteiger partial charge in [0.1, 0.15) is 0 Å². The van der Waals surface area contributed by atoms with Crippen molar-refractivity contribution in [3.8, 4) is 11.1 Å². The van der Waals surface area contributed by atoms with Crippen LogP contribution < -0.4 is 0 Å². The Kier molecular flexibility index (Phi) is 8.73. The van der Waals surface area contributed by atoms with Crippen LogP contribution in [-0.4, -0.2) is 41.2 Å². The number of hydrogen-bond donors (Lipinski definition) is 1. The molecular formula is C29H37NO3. The summed E-state index contributed by atoms with van der Waals surface area (Å²) in [5.74, 6) is -0.251. The first-order valence-corrected chi connectivity index (χ1v) is 12.6. The predicted molar refractivity (Wildman–Crippen MR) is 133 cm³/mol. The highest BCUT2D eigenvalue weighted by atomic mass is 16.5. The van der Waals surface area contributed by atoms with Crippen molar-refractivity contribution in [1.82, 2.24) is 4.90 Å². The predicted octanol–water partition coefficient (Wildman–Crippen LogP) is 6.31. The molecule has 1 saturated carbocycles. The number of carboxylic acid groups (broad SMARTS) is 1.